The number of carbonyl (C=O) groups excluding carboxylic acids is 1. The first kappa shape index (κ1) is 11.7. The van der Waals surface area contributed by atoms with Crippen LogP contribution in [-0.2, 0) is 9.53 Å². The molecule has 0 saturated heterocycles. The molecule has 3 atom stereocenters. The van der Waals surface area contributed by atoms with Crippen LogP contribution in [0.4, 0.5) is 0 Å². The fourth-order valence-electron chi connectivity index (χ4n) is 3.80. The summed E-state index contributed by atoms with van der Waals surface area (Å²) in [6, 6.07) is 0. The maximum absolute atomic E-state index is 11.1. The Morgan fingerprint density at radius 2 is 2.25 bits per heavy atom. The van der Waals surface area contributed by atoms with E-state index in [1.807, 2.05) is 0 Å². The van der Waals surface area contributed by atoms with E-state index in [-0.39, 0.29) is 12.1 Å². The summed E-state index contributed by atoms with van der Waals surface area (Å²) in [5.74, 6) is 0.430. The monoisotopic (exact) mass is 222 g/mol. The standard InChI is InChI=1S/C14H22O2/c1-4-11-7-8-12-13(16-10(2)15)6-5-9-14(11,12)3/h4,12-13H,5-9H2,1-3H3/b11-4-/t12?,13-,14+/m0/s1. The molecular weight excluding hydrogens is 200 g/mol. The van der Waals surface area contributed by atoms with Gasteiger partial charge in [0, 0.05) is 12.8 Å². The summed E-state index contributed by atoms with van der Waals surface area (Å²) in [4.78, 5) is 11.1. The van der Waals surface area contributed by atoms with Gasteiger partial charge in [-0.05, 0) is 44.4 Å². The molecule has 0 spiro atoms. The van der Waals surface area contributed by atoms with Crippen molar-refractivity contribution >= 4 is 5.97 Å². The molecule has 0 aliphatic heterocycles. The molecule has 2 fully saturated rings. The van der Waals surface area contributed by atoms with E-state index in [0.717, 1.165) is 6.42 Å². The average Bonchev–Trinajstić information content (AvgIpc) is 2.54. The first-order chi connectivity index (χ1) is 7.58. The number of carbonyl (C=O) groups is 1. The molecule has 90 valence electrons. The van der Waals surface area contributed by atoms with Crippen LogP contribution >= 0.6 is 0 Å². The molecule has 2 aliphatic carbocycles. The fourth-order valence-corrected chi connectivity index (χ4v) is 3.80. The second kappa shape index (κ2) is 4.23. The van der Waals surface area contributed by atoms with Crippen LogP contribution in [0.5, 0.6) is 0 Å². The summed E-state index contributed by atoms with van der Waals surface area (Å²) >= 11 is 0. The van der Waals surface area contributed by atoms with Crippen molar-refractivity contribution in [2.24, 2.45) is 11.3 Å². The van der Waals surface area contributed by atoms with Crippen LogP contribution in [0.3, 0.4) is 0 Å². The molecule has 2 nitrogen and oxygen atoms in total. The molecule has 2 aliphatic rings. The predicted octanol–water partition coefficient (Wildman–Crippen LogP) is 3.46. The highest BCUT2D eigenvalue weighted by atomic mass is 16.5. The Hall–Kier alpha value is -0.790. The summed E-state index contributed by atoms with van der Waals surface area (Å²) < 4.78 is 5.50. The molecule has 16 heavy (non-hydrogen) atoms. The lowest BCUT2D eigenvalue weighted by Gasteiger charge is -2.42. The fraction of sp³-hybridized carbons (Fsp3) is 0.786. The smallest absolute Gasteiger partial charge is 0.302 e. The van der Waals surface area contributed by atoms with Gasteiger partial charge in [0.1, 0.15) is 6.10 Å². The number of allylic oxidation sites excluding steroid dienone is 2. The van der Waals surface area contributed by atoms with E-state index in [2.05, 4.69) is 19.9 Å². The Kier molecular flexibility index (Phi) is 3.09. The van der Waals surface area contributed by atoms with Gasteiger partial charge in [-0.2, -0.15) is 0 Å². The lowest BCUT2D eigenvalue weighted by molar-refractivity contribution is -0.153. The van der Waals surface area contributed by atoms with E-state index in [9.17, 15) is 4.79 Å². The van der Waals surface area contributed by atoms with Crippen LogP contribution < -0.4 is 0 Å². The second-order valence-corrected chi connectivity index (χ2v) is 5.42. The summed E-state index contributed by atoms with van der Waals surface area (Å²) in [5, 5.41) is 0. The Balaban J connectivity index is 2.19. The van der Waals surface area contributed by atoms with Crippen molar-refractivity contribution in [2.75, 3.05) is 0 Å². The van der Waals surface area contributed by atoms with E-state index in [0.29, 0.717) is 11.3 Å². The average molecular weight is 222 g/mol. The van der Waals surface area contributed by atoms with Crippen molar-refractivity contribution < 1.29 is 9.53 Å². The summed E-state index contributed by atoms with van der Waals surface area (Å²) in [6.07, 6.45) is 8.31. The number of rotatable bonds is 1. The van der Waals surface area contributed by atoms with Gasteiger partial charge in [0.05, 0.1) is 0 Å². The first-order valence-electron chi connectivity index (χ1n) is 6.41. The number of ether oxygens (including phenoxy) is 1. The van der Waals surface area contributed by atoms with Crippen LogP contribution in [0.25, 0.3) is 0 Å². The summed E-state index contributed by atoms with van der Waals surface area (Å²) in [6.45, 7) is 6.02. The van der Waals surface area contributed by atoms with E-state index in [4.69, 9.17) is 4.74 Å². The van der Waals surface area contributed by atoms with Gasteiger partial charge in [0.25, 0.3) is 0 Å². The Labute approximate surface area is 98.1 Å². The Morgan fingerprint density at radius 3 is 2.88 bits per heavy atom. The number of esters is 1. The molecule has 2 rings (SSSR count). The maximum Gasteiger partial charge on any atom is 0.302 e. The molecule has 0 radical (unpaired) electrons. The summed E-state index contributed by atoms with van der Waals surface area (Å²) in [5.41, 5.74) is 1.88. The summed E-state index contributed by atoms with van der Waals surface area (Å²) in [7, 11) is 0. The largest absolute Gasteiger partial charge is 0.462 e. The number of fused-ring (bicyclic) bond motifs is 1. The van der Waals surface area contributed by atoms with Crippen LogP contribution in [0.15, 0.2) is 11.6 Å². The topological polar surface area (TPSA) is 26.3 Å². The minimum atomic E-state index is -0.122. The third-order valence-electron chi connectivity index (χ3n) is 4.58. The first-order valence-corrected chi connectivity index (χ1v) is 6.41. The van der Waals surface area contributed by atoms with E-state index in [1.165, 1.54) is 32.6 Å². The van der Waals surface area contributed by atoms with E-state index < -0.39 is 0 Å². The molecule has 1 unspecified atom stereocenters. The minimum absolute atomic E-state index is 0.122. The van der Waals surface area contributed by atoms with E-state index in [1.54, 1.807) is 5.57 Å². The zero-order chi connectivity index (χ0) is 11.8. The lowest BCUT2D eigenvalue weighted by Crippen LogP contribution is -2.39. The Bertz CT molecular complexity index is 319. The van der Waals surface area contributed by atoms with Gasteiger partial charge in [0.15, 0.2) is 0 Å². The third-order valence-corrected chi connectivity index (χ3v) is 4.58. The number of hydrogen-bond acceptors (Lipinski definition) is 2. The van der Waals surface area contributed by atoms with Crippen LogP contribution in [0.1, 0.15) is 52.9 Å². The van der Waals surface area contributed by atoms with Gasteiger partial charge in [-0.15, -0.1) is 0 Å². The quantitative estimate of drug-likeness (QED) is 0.501. The van der Waals surface area contributed by atoms with Gasteiger partial charge < -0.3 is 4.74 Å². The van der Waals surface area contributed by atoms with Crippen molar-refractivity contribution in [1.29, 1.82) is 0 Å². The normalized spacial score (nSPS) is 40.8. The maximum atomic E-state index is 11.1. The minimum Gasteiger partial charge on any atom is -0.462 e. The molecule has 0 amide bonds. The molecular formula is C14H22O2. The van der Waals surface area contributed by atoms with Crippen LogP contribution in [0.2, 0.25) is 0 Å². The van der Waals surface area contributed by atoms with E-state index >= 15 is 0 Å². The van der Waals surface area contributed by atoms with Crippen LogP contribution in [-0.4, -0.2) is 12.1 Å². The predicted molar refractivity (Wildman–Crippen MR) is 64.0 cm³/mol. The molecule has 0 aromatic carbocycles. The third kappa shape index (κ3) is 1.79. The zero-order valence-electron chi connectivity index (χ0n) is 10.6. The van der Waals surface area contributed by atoms with Crippen molar-refractivity contribution in [2.45, 2.75) is 59.0 Å². The molecule has 0 heterocycles. The van der Waals surface area contributed by atoms with Gasteiger partial charge in [-0.1, -0.05) is 18.6 Å². The highest BCUT2D eigenvalue weighted by Crippen LogP contribution is 2.55. The Morgan fingerprint density at radius 1 is 1.50 bits per heavy atom. The van der Waals surface area contributed by atoms with Crippen molar-refractivity contribution in [1.82, 2.24) is 0 Å². The second-order valence-electron chi connectivity index (χ2n) is 5.42. The number of hydrogen-bond donors (Lipinski definition) is 0. The van der Waals surface area contributed by atoms with Gasteiger partial charge >= 0.3 is 5.97 Å². The lowest BCUT2D eigenvalue weighted by atomic mass is 9.66. The highest BCUT2D eigenvalue weighted by molar-refractivity contribution is 5.66. The van der Waals surface area contributed by atoms with Crippen LogP contribution in [0, 0.1) is 11.3 Å². The van der Waals surface area contributed by atoms with Crippen molar-refractivity contribution in [3.63, 3.8) is 0 Å². The molecule has 0 aromatic rings. The molecule has 0 aromatic heterocycles. The van der Waals surface area contributed by atoms with Crippen molar-refractivity contribution in [3.05, 3.63) is 11.6 Å². The molecule has 0 N–H and O–H groups in total. The van der Waals surface area contributed by atoms with Gasteiger partial charge in [-0.3, -0.25) is 4.79 Å². The zero-order valence-corrected chi connectivity index (χ0v) is 10.6. The molecule has 2 saturated carbocycles. The molecule has 0 bridgehead atoms. The molecule has 2 heteroatoms. The SMILES string of the molecule is C/C=C1/CCC2[C@@H](OC(C)=O)CCC[C@]12C. The van der Waals surface area contributed by atoms with Gasteiger partial charge in [-0.25, -0.2) is 0 Å². The van der Waals surface area contributed by atoms with Gasteiger partial charge in [0.2, 0.25) is 0 Å². The highest BCUT2D eigenvalue weighted by Gasteiger charge is 2.49. The van der Waals surface area contributed by atoms with Crippen molar-refractivity contribution in [3.8, 4) is 0 Å².